The van der Waals surface area contributed by atoms with Gasteiger partial charge in [0.25, 0.3) is 0 Å². The number of halogens is 3. The Labute approximate surface area is 193 Å². The molecule has 1 aliphatic heterocycles. The fourth-order valence-corrected chi connectivity index (χ4v) is 4.43. The van der Waals surface area contributed by atoms with Crippen LogP contribution in [0.25, 0.3) is 0 Å². The molecule has 0 unspecified atom stereocenters. The normalized spacial score (nSPS) is 18.8. The summed E-state index contributed by atoms with van der Waals surface area (Å²) >= 11 is 0. The number of likely N-dealkylation sites (N-methyl/N-ethyl adjacent to an activating group) is 1. The fourth-order valence-electron chi connectivity index (χ4n) is 4.43. The Morgan fingerprint density at radius 1 is 1.00 bits per heavy atom. The molecule has 184 valence electrons. The van der Waals surface area contributed by atoms with Crippen molar-refractivity contribution >= 4 is 23.3 Å². The summed E-state index contributed by atoms with van der Waals surface area (Å²) in [6.07, 6.45) is -1.71. The molecule has 2 aliphatic rings. The Morgan fingerprint density at radius 3 is 2.15 bits per heavy atom. The lowest BCUT2D eigenvalue weighted by atomic mass is 9.93. The van der Waals surface area contributed by atoms with Gasteiger partial charge in [-0.3, -0.25) is 4.79 Å². The van der Waals surface area contributed by atoms with Crippen molar-refractivity contribution in [2.45, 2.75) is 70.7 Å². The second kappa shape index (κ2) is 9.91. The lowest BCUT2D eigenvalue weighted by Crippen LogP contribution is -2.49. The van der Waals surface area contributed by atoms with Gasteiger partial charge in [-0.05, 0) is 58.9 Å². The first-order valence-corrected chi connectivity index (χ1v) is 11.6. The van der Waals surface area contributed by atoms with Crippen LogP contribution in [-0.2, 0) is 9.53 Å². The van der Waals surface area contributed by atoms with Crippen molar-refractivity contribution in [2.24, 2.45) is 0 Å². The number of rotatable bonds is 4. The molecule has 0 radical (unpaired) electrons. The van der Waals surface area contributed by atoms with Crippen molar-refractivity contribution in [2.75, 3.05) is 43.0 Å². The average Bonchev–Trinajstić information content (AvgIpc) is 2.73. The highest BCUT2D eigenvalue weighted by Crippen LogP contribution is 2.36. The lowest BCUT2D eigenvalue weighted by molar-refractivity contribution is -0.171. The minimum Gasteiger partial charge on any atom is -0.456 e. The maximum Gasteiger partial charge on any atom is 0.471 e. The van der Waals surface area contributed by atoms with Crippen molar-refractivity contribution < 1.29 is 27.5 Å². The van der Waals surface area contributed by atoms with Crippen molar-refractivity contribution in [3.05, 3.63) is 23.8 Å². The van der Waals surface area contributed by atoms with E-state index in [9.17, 15) is 22.8 Å². The first-order chi connectivity index (χ1) is 15.4. The van der Waals surface area contributed by atoms with Gasteiger partial charge in [-0.15, -0.1) is 0 Å². The molecule has 1 amide bonds. The molecule has 9 heteroatoms. The number of nitrogens with zero attached hydrogens (tertiary/aromatic N) is 3. The van der Waals surface area contributed by atoms with Gasteiger partial charge in [0.1, 0.15) is 5.60 Å². The predicted octanol–water partition coefficient (Wildman–Crippen LogP) is 4.62. The molecule has 0 bridgehead atoms. The standard InChI is InChI=1S/C24H34F3N3O3/c1-23(2,3)33-21(31)19-11-10-18(29-14-12-28(4)13-15-29)16-20(19)30(22(32)24(25,26)27)17-8-6-5-7-9-17/h10-11,16-17H,5-9,12-15H2,1-4H3. The molecule has 0 spiro atoms. The fraction of sp³-hybridized carbons (Fsp3) is 0.667. The molecule has 2 fully saturated rings. The summed E-state index contributed by atoms with van der Waals surface area (Å²) in [6, 6.07) is 4.17. The molecule has 33 heavy (non-hydrogen) atoms. The Kier molecular flexibility index (Phi) is 7.61. The third kappa shape index (κ3) is 6.40. The van der Waals surface area contributed by atoms with Crippen molar-refractivity contribution in [3.8, 4) is 0 Å². The Morgan fingerprint density at radius 2 is 1.61 bits per heavy atom. The van der Waals surface area contributed by atoms with Gasteiger partial charge in [0.05, 0.1) is 11.3 Å². The van der Waals surface area contributed by atoms with Crippen LogP contribution in [0.15, 0.2) is 18.2 Å². The van der Waals surface area contributed by atoms with E-state index < -0.39 is 29.7 Å². The van der Waals surface area contributed by atoms with E-state index in [0.29, 0.717) is 31.6 Å². The van der Waals surface area contributed by atoms with E-state index in [4.69, 9.17) is 4.74 Å². The Bertz CT molecular complexity index is 853. The highest BCUT2D eigenvalue weighted by atomic mass is 19.4. The van der Waals surface area contributed by atoms with E-state index in [1.165, 1.54) is 6.07 Å². The molecular formula is C24H34F3N3O3. The number of amides is 1. The minimum atomic E-state index is -5.05. The number of piperazine rings is 1. The second-order valence-electron chi connectivity index (χ2n) is 9.96. The van der Waals surface area contributed by atoms with Crippen LogP contribution in [0.5, 0.6) is 0 Å². The maximum absolute atomic E-state index is 13.7. The summed E-state index contributed by atoms with van der Waals surface area (Å²) < 4.78 is 46.6. The molecule has 1 saturated carbocycles. The molecule has 0 atom stereocenters. The van der Waals surface area contributed by atoms with E-state index in [-0.39, 0.29) is 11.3 Å². The van der Waals surface area contributed by atoms with Crippen LogP contribution in [0.3, 0.4) is 0 Å². The third-order valence-corrected chi connectivity index (χ3v) is 6.13. The van der Waals surface area contributed by atoms with E-state index in [2.05, 4.69) is 9.80 Å². The van der Waals surface area contributed by atoms with E-state index in [0.717, 1.165) is 37.3 Å². The van der Waals surface area contributed by atoms with Gasteiger partial charge in [-0.25, -0.2) is 4.79 Å². The zero-order valence-corrected chi connectivity index (χ0v) is 19.9. The predicted molar refractivity (Wildman–Crippen MR) is 122 cm³/mol. The quantitative estimate of drug-likeness (QED) is 0.603. The van der Waals surface area contributed by atoms with Gasteiger partial charge in [-0.1, -0.05) is 19.3 Å². The summed E-state index contributed by atoms with van der Waals surface area (Å²) in [5, 5.41) is 0. The molecular weight excluding hydrogens is 435 g/mol. The van der Waals surface area contributed by atoms with Gasteiger partial charge in [0.2, 0.25) is 0 Å². The van der Waals surface area contributed by atoms with Gasteiger partial charge in [-0.2, -0.15) is 13.2 Å². The summed E-state index contributed by atoms with van der Waals surface area (Å²) in [5.74, 6) is -2.67. The number of esters is 1. The highest BCUT2D eigenvalue weighted by molar-refractivity contribution is 6.05. The van der Waals surface area contributed by atoms with Crippen molar-refractivity contribution in [1.82, 2.24) is 4.90 Å². The first-order valence-electron chi connectivity index (χ1n) is 11.6. The van der Waals surface area contributed by atoms with E-state index in [1.807, 2.05) is 7.05 Å². The number of carbonyl (C=O) groups is 2. The van der Waals surface area contributed by atoms with E-state index in [1.54, 1.807) is 32.9 Å². The summed E-state index contributed by atoms with van der Waals surface area (Å²) in [6.45, 7) is 8.14. The molecule has 6 nitrogen and oxygen atoms in total. The molecule has 1 aromatic rings. The summed E-state index contributed by atoms with van der Waals surface area (Å²) in [7, 11) is 2.02. The van der Waals surface area contributed by atoms with Gasteiger partial charge < -0.3 is 19.4 Å². The summed E-state index contributed by atoms with van der Waals surface area (Å²) in [4.78, 5) is 30.8. The van der Waals surface area contributed by atoms with Crippen LogP contribution >= 0.6 is 0 Å². The third-order valence-electron chi connectivity index (χ3n) is 6.13. The Balaban J connectivity index is 2.10. The maximum atomic E-state index is 13.7. The van der Waals surface area contributed by atoms with Crippen LogP contribution in [-0.4, -0.2) is 67.8 Å². The van der Waals surface area contributed by atoms with Crippen LogP contribution < -0.4 is 9.80 Å². The Hall–Kier alpha value is -2.29. The smallest absolute Gasteiger partial charge is 0.456 e. The lowest BCUT2D eigenvalue weighted by Gasteiger charge is -2.38. The van der Waals surface area contributed by atoms with Gasteiger partial charge in [0, 0.05) is 37.9 Å². The number of anilines is 2. The largest absolute Gasteiger partial charge is 0.471 e. The highest BCUT2D eigenvalue weighted by Gasteiger charge is 2.46. The number of hydrogen-bond donors (Lipinski definition) is 0. The second-order valence-corrected chi connectivity index (χ2v) is 9.96. The average molecular weight is 470 g/mol. The number of alkyl halides is 3. The van der Waals surface area contributed by atoms with Gasteiger partial charge in [0.15, 0.2) is 0 Å². The summed E-state index contributed by atoms with van der Waals surface area (Å²) in [5.41, 5.74) is -0.171. The van der Waals surface area contributed by atoms with Crippen molar-refractivity contribution in [3.63, 3.8) is 0 Å². The zero-order valence-electron chi connectivity index (χ0n) is 19.9. The molecule has 1 aromatic carbocycles. The number of carbonyl (C=O) groups excluding carboxylic acids is 2. The first kappa shape index (κ1) is 25.3. The number of benzene rings is 1. The number of ether oxygens (including phenoxy) is 1. The minimum absolute atomic E-state index is 0.0186. The zero-order chi connectivity index (χ0) is 24.4. The molecule has 1 aliphatic carbocycles. The molecule has 0 aromatic heterocycles. The van der Waals surface area contributed by atoms with E-state index >= 15 is 0 Å². The van der Waals surface area contributed by atoms with Crippen molar-refractivity contribution in [1.29, 1.82) is 0 Å². The molecule has 3 rings (SSSR count). The van der Waals surface area contributed by atoms with Crippen LogP contribution in [0.4, 0.5) is 24.5 Å². The SMILES string of the molecule is CN1CCN(c2ccc(C(=O)OC(C)(C)C)c(N(C(=O)C(F)(F)F)C3CCCCC3)c2)CC1. The van der Waals surface area contributed by atoms with Crippen LogP contribution in [0.2, 0.25) is 0 Å². The monoisotopic (exact) mass is 469 g/mol. The topological polar surface area (TPSA) is 53.1 Å². The van der Waals surface area contributed by atoms with Crippen LogP contribution in [0, 0.1) is 0 Å². The molecule has 1 saturated heterocycles. The van der Waals surface area contributed by atoms with Crippen LogP contribution in [0.1, 0.15) is 63.2 Å². The number of hydrogen-bond acceptors (Lipinski definition) is 5. The van der Waals surface area contributed by atoms with Gasteiger partial charge >= 0.3 is 18.1 Å². The molecule has 1 heterocycles. The molecule has 0 N–H and O–H groups in total.